The average Bonchev–Trinajstić information content (AvgIpc) is 2.81. The lowest BCUT2D eigenvalue weighted by molar-refractivity contribution is -0.385. The molecule has 3 atom stereocenters. The molecule has 2 heterocycles. The number of para-hydroxylation sites is 1. The number of amides is 2. The van der Waals surface area contributed by atoms with Crippen LogP contribution in [0.1, 0.15) is 38.5 Å². The first-order chi connectivity index (χ1) is 15.6. The molecular weight excluding hydrogens is 408 g/mol. The number of hydrogen-bond acceptors (Lipinski definition) is 6. The highest BCUT2D eigenvalue weighted by Gasteiger charge is 2.30. The van der Waals surface area contributed by atoms with Gasteiger partial charge >= 0.3 is 6.03 Å². The summed E-state index contributed by atoms with van der Waals surface area (Å²) in [5, 5.41) is 20.7. The highest BCUT2D eigenvalue weighted by atomic mass is 16.6. The average molecular weight is 439 g/mol. The van der Waals surface area contributed by atoms with Crippen LogP contribution in [0.2, 0.25) is 0 Å². The number of nitrogens with one attached hydrogen (secondary N) is 3. The first-order valence-corrected chi connectivity index (χ1v) is 11.3. The highest BCUT2D eigenvalue weighted by Crippen LogP contribution is 2.23. The summed E-state index contributed by atoms with van der Waals surface area (Å²) in [6.07, 6.45) is 7.65. The molecule has 0 bridgehead atoms. The van der Waals surface area contributed by atoms with Crippen LogP contribution in [0.15, 0.2) is 48.7 Å². The fourth-order valence-corrected chi connectivity index (χ4v) is 4.66. The van der Waals surface area contributed by atoms with Gasteiger partial charge in [0, 0.05) is 43.0 Å². The number of anilines is 2. The minimum Gasteiger partial charge on any atom is -0.355 e. The van der Waals surface area contributed by atoms with E-state index in [1.54, 1.807) is 6.07 Å². The van der Waals surface area contributed by atoms with E-state index in [-0.39, 0.29) is 29.8 Å². The summed E-state index contributed by atoms with van der Waals surface area (Å²) in [6.45, 7) is 1.68. The van der Waals surface area contributed by atoms with Crippen LogP contribution in [0, 0.1) is 10.1 Å². The van der Waals surface area contributed by atoms with E-state index in [9.17, 15) is 14.9 Å². The number of pyridine rings is 1. The predicted molar refractivity (Wildman–Crippen MR) is 124 cm³/mol. The summed E-state index contributed by atoms with van der Waals surface area (Å²) < 4.78 is 0. The minimum absolute atomic E-state index is 0.00494. The van der Waals surface area contributed by atoms with Crippen LogP contribution in [0.25, 0.3) is 0 Å². The largest absolute Gasteiger partial charge is 0.355 e. The summed E-state index contributed by atoms with van der Waals surface area (Å²) in [5.41, 5.74) is 0.786. The summed E-state index contributed by atoms with van der Waals surface area (Å²) >= 11 is 0. The van der Waals surface area contributed by atoms with Gasteiger partial charge in [0.15, 0.2) is 0 Å². The number of nitro groups is 1. The molecule has 0 radical (unpaired) electrons. The van der Waals surface area contributed by atoms with Gasteiger partial charge in [-0.05, 0) is 43.9 Å². The molecule has 32 heavy (non-hydrogen) atoms. The topological polar surface area (TPSA) is 112 Å². The first kappa shape index (κ1) is 22.0. The Hall–Kier alpha value is -3.20. The predicted octanol–water partition coefficient (Wildman–Crippen LogP) is 3.68. The molecule has 3 N–H and O–H groups in total. The number of carbonyl (C=O) groups is 1. The number of benzene rings is 1. The standard InChI is InChI=1S/C23H30N6O3/c30-23(26-17-7-2-1-3-8-17)27-21-11-5-4-10-20(21)25-18-9-6-14-28(16-18)22-13-12-19(15-24-22)29(31)32/h1-3,7-8,12-13,15,18,20-21,25H,4-6,9-11,14,16H2,(H2,26,27,30)/t18-,20+,21+/m0/s1. The number of aromatic nitrogens is 1. The fourth-order valence-electron chi connectivity index (χ4n) is 4.66. The van der Waals surface area contributed by atoms with Crippen LogP contribution in [-0.4, -0.2) is 47.2 Å². The zero-order valence-electron chi connectivity index (χ0n) is 18.1. The summed E-state index contributed by atoms with van der Waals surface area (Å²) in [7, 11) is 0. The Bertz CT molecular complexity index is 908. The first-order valence-electron chi connectivity index (χ1n) is 11.3. The minimum atomic E-state index is -0.429. The van der Waals surface area contributed by atoms with Crippen molar-refractivity contribution in [1.29, 1.82) is 0 Å². The molecule has 1 saturated heterocycles. The van der Waals surface area contributed by atoms with Crippen molar-refractivity contribution in [2.24, 2.45) is 0 Å². The lowest BCUT2D eigenvalue weighted by Crippen LogP contribution is -2.57. The van der Waals surface area contributed by atoms with E-state index < -0.39 is 4.92 Å². The number of carbonyl (C=O) groups excluding carboxylic acids is 1. The SMILES string of the molecule is O=C(Nc1ccccc1)N[C@@H]1CCCC[C@H]1N[C@H]1CCCN(c2ccc([N+](=O)[O-])cn2)C1. The van der Waals surface area contributed by atoms with Gasteiger partial charge in [0.1, 0.15) is 12.0 Å². The quantitative estimate of drug-likeness (QED) is 0.468. The van der Waals surface area contributed by atoms with E-state index in [0.717, 1.165) is 63.1 Å². The zero-order chi connectivity index (χ0) is 22.3. The number of urea groups is 1. The molecule has 2 fully saturated rings. The van der Waals surface area contributed by atoms with E-state index >= 15 is 0 Å². The van der Waals surface area contributed by atoms with Crippen molar-refractivity contribution >= 4 is 23.2 Å². The van der Waals surface area contributed by atoms with Crippen LogP contribution in [0.3, 0.4) is 0 Å². The van der Waals surface area contributed by atoms with Gasteiger partial charge in [-0.3, -0.25) is 10.1 Å². The van der Waals surface area contributed by atoms with Crippen molar-refractivity contribution < 1.29 is 9.72 Å². The molecule has 170 valence electrons. The van der Waals surface area contributed by atoms with Gasteiger partial charge in [0.25, 0.3) is 5.69 Å². The number of rotatable bonds is 6. The molecule has 1 aliphatic carbocycles. The van der Waals surface area contributed by atoms with Gasteiger partial charge in [0.05, 0.1) is 4.92 Å². The van der Waals surface area contributed by atoms with Crippen LogP contribution in [0.5, 0.6) is 0 Å². The molecule has 0 spiro atoms. The number of nitrogens with zero attached hydrogens (tertiary/aromatic N) is 3. The van der Waals surface area contributed by atoms with Crippen molar-refractivity contribution in [2.75, 3.05) is 23.3 Å². The van der Waals surface area contributed by atoms with Crippen LogP contribution in [-0.2, 0) is 0 Å². The van der Waals surface area contributed by atoms with Crippen LogP contribution < -0.4 is 20.9 Å². The molecule has 0 unspecified atom stereocenters. The van der Waals surface area contributed by atoms with Crippen molar-refractivity contribution in [3.8, 4) is 0 Å². The molecule has 2 aromatic rings. The maximum absolute atomic E-state index is 12.5. The van der Waals surface area contributed by atoms with E-state index in [0.29, 0.717) is 0 Å². The van der Waals surface area contributed by atoms with E-state index in [2.05, 4.69) is 25.8 Å². The molecule has 9 nitrogen and oxygen atoms in total. The van der Waals surface area contributed by atoms with Gasteiger partial charge in [-0.2, -0.15) is 0 Å². The molecule has 1 aromatic carbocycles. The maximum Gasteiger partial charge on any atom is 0.319 e. The lowest BCUT2D eigenvalue weighted by Gasteiger charge is -2.39. The Morgan fingerprint density at radius 2 is 1.81 bits per heavy atom. The lowest BCUT2D eigenvalue weighted by atomic mass is 9.89. The van der Waals surface area contributed by atoms with E-state index in [4.69, 9.17) is 0 Å². The Morgan fingerprint density at radius 3 is 2.53 bits per heavy atom. The van der Waals surface area contributed by atoms with Gasteiger partial charge in [-0.15, -0.1) is 0 Å². The van der Waals surface area contributed by atoms with Gasteiger partial charge < -0.3 is 20.9 Å². The Balaban J connectivity index is 1.33. The summed E-state index contributed by atoms with van der Waals surface area (Å²) in [6, 6.07) is 13.1. The van der Waals surface area contributed by atoms with Gasteiger partial charge in [-0.1, -0.05) is 31.0 Å². The van der Waals surface area contributed by atoms with E-state index in [1.165, 1.54) is 12.3 Å². The van der Waals surface area contributed by atoms with Crippen molar-refractivity contribution in [1.82, 2.24) is 15.6 Å². The second-order valence-electron chi connectivity index (χ2n) is 8.55. The Labute approximate surface area is 187 Å². The molecule has 1 aromatic heterocycles. The molecule has 1 saturated carbocycles. The third kappa shape index (κ3) is 5.73. The summed E-state index contributed by atoms with van der Waals surface area (Å²) in [5.74, 6) is 0.766. The Morgan fingerprint density at radius 1 is 1.03 bits per heavy atom. The Kier molecular flexibility index (Phi) is 7.16. The molecule has 2 amide bonds. The van der Waals surface area contributed by atoms with Crippen LogP contribution in [0.4, 0.5) is 22.0 Å². The summed E-state index contributed by atoms with van der Waals surface area (Å²) in [4.78, 5) is 29.4. The van der Waals surface area contributed by atoms with Crippen molar-refractivity contribution in [3.63, 3.8) is 0 Å². The monoisotopic (exact) mass is 438 g/mol. The maximum atomic E-state index is 12.5. The smallest absolute Gasteiger partial charge is 0.319 e. The molecular formula is C23H30N6O3. The zero-order valence-corrected chi connectivity index (χ0v) is 18.1. The molecule has 9 heteroatoms. The fraction of sp³-hybridized carbons (Fsp3) is 0.478. The van der Waals surface area contributed by atoms with E-state index in [1.807, 2.05) is 30.3 Å². The normalized spacial score (nSPS) is 23.4. The number of piperidine rings is 1. The third-order valence-corrected chi connectivity index (χ3v) is 6.25. The van der Waals surface area contributed by atoms with Crippen molar-refractivity contribution in [2.45, 2.75) is 56.7 Å². The second-order valence-corrected chi connectivity index (χ2v) is 8.55. The van der Waals surface area contributed by atoms with Gasteiger partial charge in [0.2, 0.25) is 0 Å². The van der Waals surface area contributed by atoms with Gasteiger partial charge in [-0.25, -0.2) is 9.78 Å². The molecule has 2 aliphatic rings. The van der Waals surface area contributed by atoms with Crippen molar-refractivity contribution in [3.05, 3.63) is 58.8 Å². The molecule has 1 aliphatic heterocycles. The number of hydrogen-bond donors (Lipinski definition) is 3. The van der Waals surface area contributed by atoms with Crippen LogP contribution >= 0.6 is 0 Å². The highest BCUT2D eigenvalue weighted by molar-refractivity contribution is 5.89. The third-order valence-electron chi connectivity index (χ3n) is 6.25. The molecule has 4 rings (SSSR count). The second kappa shape index (κ2) is 10.4.